The van der Waals surface area contributed by atoms with Gasteiger partial charge in [0.05, 0.1) is 0 Å². The first-order valence-electron chi connectivity index (χ1n) is 11.2. The van der Waals surface area contributed by atoms with Crippen molar-refractivity contribution in [1.82, 2.24) is 5.32 Å². The van der Waals surface area contributed by atoms with Crippen molar-refractivity contribution < 1.29 is 0 Å². The summed E-state index contributed by atoms with van der Waals surface area (Å²) in [5.74, 6) is 0. The number of hydrogen-bond donors (Lipinski definition) is 2. The third-order valence-corrected chi connectivity index (χ3v) is 5.25. The van der Waals surface area contributed by atoms with Crippen molar-refractivity contribution in [2.24, 2.45) is 0 Å². The van der Waals surface area contributed by atoms with Gasteiger partial charge in [0.1, 0.15) is 0 Å². The van der Waals surface area contributed by atoms with Crippen molar-refractivity contribution in [3.63, 3.8) is 0 Å². The molecule has 1 aliphatic rings. The van der Waals surface area contributed by atoms with Crippen LogP contribution in [-0.2, 0) is 0 Å². The average Bonchev–Trinajstić information content (AvgIpc) is 2.86. The molecule has 33 heavy (non-hydrogen) atoms. The van der Waals surface area contributed by atoms with E-state index in [1.54, 1.807) is 0 Å². The summed E-state index contributed by atoms with van der Waals surface area (Å²) in [4.78, 5) is 0. The van der Waals surface area contributed by atoms with E-state index in [0.29, 0.717) is 0 Å². The molecule has 1 aliphatic heterocycles. The van der Waals surface area contributed by atoms with Crippen LogP contribution in [0.3, 0.4) is 0 Å². The van der Waals surface area contributed by atoms with Crippen LogP contribution in [0.15, 0.2) is 134 Å². The van der Waals surface area contributed by atoms with Crippen molar-refractivity contribution in [1.29, 1.82) is 0 Å². The van der Waals surface area contributed by atoms with Crippen LogP contribution >= 0.6 is 0 Å². The Morgan fingerprint density at radius 3 is 2.67 bits per heavy atom. The standard InChI is InChI=1S/C31H32N2/c1-5-6-7-14-25(3)30-17-8-9-18-31(30)33-29-16-12-15-27(23-29)28-19-21-32-20-11-10-13-24(2)26(4)22-28/h6-23,32-33H,2,4-5H2,1,3H3/b7-6-,13-10-,20-11-,21-19-,25-14+,28-22+. The molecule has 2 heteroatoms. The highest BCUT2D eigenvalue weighted by Crippen LogP contribution is 2.29. The lowest BCUT2D eigenvalue weighted by Gasteiger charge is -2.14. The van der Waals surface area contributed by atoms with Gasteiger partial charge in [-0.25, -0.2) is 0 Å². The molecule has 0 fully saturated rings. The fourth-order valence-corrected chi connectivity index (χ4v) is 3.40. The zero-order valence-corrected chi connectivity index (χ0v) is 19.5. The molecule has 0 amide bonds. The summed E-state index contributed by atoms with van der Waals surface area (Å²) in [5.41, 5.74) is 8.42. The van der Waals surface area contributed by atoms with Crippen molar-refractivity contribution in [3.05, 3.63) is 145 Å². The van der Waals surface area contributed by atoms with E-state index in [1.165, 1.54) is 11.1 Å². The van der Waals surface area contributed by atoms with E-state index in [-0.39, 0.29) is 0 Å². The Labute approximate surface area is 198 Å². The van der Waals surface area contributed by atoms with E-state index in [9.17, 15) is 0 Å². The molecule has 2 N–H and O–H groups in total. The van der Waals surface area contributed by atoms with Gasteiger partial charge >= 0.3 is 0 Å². The van der Waals surface area contributed by atoms with Crippen LogP contribution in [0.1, 0.15) is 31.4 Å². The number of hydrogen-bond acceptors (Lipinski definition) is 2. The fourth-order valence-electron chi connectivity index (χ4n) is 3.40. The van der Waals surface area contributed by atoms with Crippen LogP contribution in [0, 0.1) is 0 Å². The minimum Gasteiger partial charge on any atom is -0.368 e. The Bertz CT molecular complexity index is 1180. The summed E-state index contributed by atoms with van der Waals surface area (Å²) in [7, 11) is 0. The summed E-state index contributed by atoms with van der Waals surface area (Å²) < 4.78 is 0. The summed E-state index contributed by atoms with van der Waals surface area (Å²) in [6.07, 6.45) is 21.2. The van der Waals surface area contributed by atoms with E-state index < -0.39 is 0 Å². The van der Waals surface area contributed by atoms with Crippen LogP contribution in [0.5, 0.6) is 0 Å². The third-order valence-electron chi connectivity index (χ3n) is 5.25. The van der Waals surface area contributed by atoms with Gasteiger partial charge in [-0.15, -0.1) is 0 Å². The van der Waals surface area contributed by atoms with Gasteiger partial charge in [0.15, 0.2) is 0 Å². The zero-order valence-electron chi connectivity index (χ0n) is 19.5. The molecular weight excluding hydrogens is 400 g/mol. The normalized spacial score (nSPS) is 19.2. The van der Waals surface area contributed by atoms with Gasteiger partial charge in [0.2, 0.25) is 0 Å². The quantitative estimate of drug-likeness (QED) is 0.447. The minimum absolute atomic E-state index is 0.880. The monoisotopic (exact) mass is 432 g/mol. The molecule has 2 aromatic carbocycles. The Balaban J connectivity index is 1.92. The summed E-state index contributed by atoms with van der Waals surface area (Å²) in [6.45, 7) is 12.6. The van der Waals surface area contributed by atoms with Crippen LogP contribution in [-0.4, -0.2) is 0 Å². The van der Waals surface area contributed by atoms with Gasteiger partial charge in [0, 0.05) is 29.3 Å². The Morgan fingerprint density at radius 2 is 1.82 bits per heavy atom. The first kappa shape index (κ1) is 23.6. The molecule has 3 rings (SSSR count). The number of allylic oxidation sites excluding steroid dienone is 12. The molecular formula is C31H32N2. The van der Waals surface area contributed by atoms with Gasteiger partial charge in [-0.2, -0.15) is 0 Å². The first-order valence-corrected chi connectivity index (χ1v) is 11.2. The van der Waals surface area contributed by atoms with Gasteiger partial charge in [0.25, 0.3) is 0 Å². The molecule has 0 radical (unpaired) electrons. The molecule has 0 spiro atoms. The Hall–Kier alpha value is -4.04. The smallest absolute Gasteiger partial charge is 0.0460 e. The van der Waals surface area contributed by atoms with E-state index in [0.717, 1.165) is 40.1 Å². The van der Waals surface area contributed by atoms with Gasteiger partial charge in [-0.3, -0.25) is 0 Å². The minimum atomic E-state index is 0.880. The Morgan fingerprint density at radius 1 is 0.970 bits per heavy atom. The highest BCUT2D eigenvalue weighted by Gasteiger charge is 2.06. The number of para-hydroxylation sites is 1. The Kier molecular flexibility index (Phi) is 8.67. The van der Waals surface area contributed by atoms with Crippen molar-refractivity contribution in [2.75, 3.05) is 5.32 Å². The van der Waals surface area contributed by atoms with Gasteiger partial charge in [-0.05, 0) is 77.6 Å². The van der Waals surface area contributed by atoms with Gasteiger partial charge < -0.3 is 10.6 Å². The van der Waals surface area contributed by atoms with Crippen LogP contribution in [0.4, 0.5) is 11.4 Å². The summed E-state index contributed by atoms with van der Waals surface area (Å²) in [6, 6.07) is 16.8. The van der Waals surface area contributed by atoms with Crippen LogP contribution < -0.4 is 10.6 Å². The lowest BCUT2D eigenvalue weighted by atomic mass is 9.99. The predicted octanol–water partition coefficient (Wildman–Crippen LogP) is 8.48. The SMILES string of the molecule is C=C1/C=C\C=C/N/C=C\C(c2cccc(Nc3ccccc3/C(C)=C/C=C\CC)c2)=C/C1=C. The number of anilines is 2. The number of rotatable bonds is 6. The molecule has 1 heterocycles. The zero-order chi connectivity index (χ0) is 23.5. The molecule has 0 aromatic heterocycles. The lowest BCUT2D eigenvalue weighted by molar-refractivity contribution is 1.20. The molecule has 166 valence electrons. The molecule has 0 saturated carbocycles. The van der Waals surface area contributed by atoms with E-state index in [2.05, 4.69) is 110 Å². The maximum absolute atomic E-state index is 4.19. The fraction of sp³-hybridized carbons (Fsp3) is 0.0968. The summed E-state index contributed by atoms with van der Waals surface area (Å²) >= 11 is 0. The van der Waals surface area contributed by atoms with Gasteiger partial charge in [-0.1, -0.05) is 80.8 Å². The topological polar surface area (TPSA) is 24.1 Å². The highest BCUT2D eigenvalue weighted by molar-refractivity contribution is 5.82. The molecule has 2 aromatic rings. The van der Waals surface area contributed by atoms with Crippen molar-refractivity contribution >= 4 is 22.5 Å². The molecule has 2 nitrogen and oxygen atoms in total. The van der Waals surface area contributed by atoms with E-state index >= 15 is 0 Å². The average molecular weight is 433 g/mol. The molecule has 0 bridgehead atoms. The lowest BCUT2D eigenvalue weighted by Crippen LogP contribution is -1.96. The molecule has 0 unspecified atom stereocenters. The van der Waals surface area contributed by atoms with Crippen molar-refractivity contribution in [3.8, 4) is 0 Å². The van der Waals surface area contributed by atoms with Crippen molar-refractivity contribution in [2.45, 2.75) is 20.3 Å². The maximum Gasteiger partial charge on any atom is 0.0460 e. The highest BCUT2D eigenvalue weighted by atomic mass is 14.9. The first-order chi connectivity index (χ1) is 16.1. The van der Waals surface area contributed by atoms with E-state index in [4.69, 9.17) is 0 Å². The number of benzene rings is 2. The van der Waals surface area contributed by atoms with E-state index in [1.807, 2.05) is 36.7 Å². The second kappa shape index (κ2) is 12.1. The van der Waals surface area contributed by atoms with Crippen LogP contribution in [0.25, 0.3) is 11.1 Å². The maximum atomic E-state index is 4.19. The summed E-state index contributed by atoms with van der Waals surface area (Å²) in [5, 5.41) is 6.78. The molecule has 0 aliphatic carbocycles. The predicted molar refractivity (Wildman–Crippen MR) is 146 cm³/mol. The second-order valence-corrected chi connectivity index (χ2v) is 7.81. The largest absolute Gasteiger partial charge is 0.368 e. The van der Waals surface area contributed by atoms with Crippen LogP contribution in [0.2, 0.25) is 0 Å². The number of nitrogens with one attached hydrogen (secondary N) is 2. The second-order valence-electron chi connectivity index (χ2n) is 7.81. The third kappa shape index (κ3) is 6.98. The molecule has 0 atom stereocenters. The molecule has 0 saturated heterocycles.